The first-order valence-electron chi connectivity index (χ1n) is 5.00. The van der Waals surface area contributed by atoms with E-state index in [0.717, 1.165) is 11.0 Å². The average Bonchev–Trinajstić information content (AvgIpc) is 2.33. The van der Waals surface area contributed by atoms with Crippen molar-refractivity contribution in [3.8, 4) is 6.07 Å². The van der Waals surface area contributed by atoms with E-state index in [9.17, 15) is 4.79 Å². The Bertz CT molecular complexity index is 637. The summed E-state index contributed by atoms with van der Waals surface area (Å²) in [5.74, 6) is -0.483. The van der Waals surface area contributed by atoms with Crippen molar-refractivity contribution in [3.63, 3.8) is 0 Å². The molecule has 1 atom stereocenters. The number of hydrogen-bond acceptors (Lipinski definition) is 3. The number of hydrogen-bond donors (Lipinski definition) is 0. The van der Waals surface area contributed by atoms with E-state index < -0.39 is 5.92 Å². The van der Waals surface area contributed by atoms with Crippen molar-refractivity contribution in [2.75, 3.05) is 0 Å². The van der Waals surface area contributed by atoms with E-state index in [0.29, 0.717) is 5.69 Å². The van der Waals surface area contributed by atoms with Crippen molar-refractivity contribution in [2.24, 2.45) is 7.05 Å². The van der Waals surface area contributed by atoms with Crippen LogP contribution in [-0.4, -0.2) is 9.55 Å². The lowest BCUT2D eigenvalue weighted by Gasteiger charge is -2.08. The monoisotopic (exact) mass is 213 g/mol. The minimum absolute atomic E-state index is 0.201. The summed E-state index contributed by atoms with van der Waals surface area (Å²) in [4.78, 5) is 16.2. The standard InChI is InChI=1S/C12H11N3O/c1-8(7-13)11-12(16)15(2)10-6-4-3-5-9(10)14-11/h3-6,8H,1-2H3. The van der Waals surface area contributed by atoms with Crippen LogP contribution in [0.15, 0.2) is 29.1 Å². The number of nitrogens with zero attached hydrogens (tertiary/aromatic N) is 3. The summed E-state index contributed by atoms with van der Waals surface area (Å²) in [5, 5.41) is 8.84. The van der Waals surface area contributed by atoms with Crippen LogP contribution in [0.1, 0.15) is 18.5 Å². The Balaban J connectivity index is 2.85. The quantitative estimate of drug-likeness (QED) is 0.722. The fourth-order valence-corrected chi connectivity index (χ4v) is 1.64. The second kappa shape index (κ2) is 3.78. The lowest BCUT2D eigenvalue weighted by Crippen LogP contribution is -2.24. The van der Waals surface area contributed by atoms with Gasteiger partial charge in [0.15, 0.2) is 0 Å². The SMILES string of the molecule is CC(C#N)c1nc2ccccc2n(C)c1=O. The third kappa shape index (κ3) is 1.47. The average molecular weight is 213 g/mol. The number of fused-ring (bicyclic) bond motifs is 1. The Morgan fingerprint density at radius 3 is 2.81 bits per heavy atom. The zero-order valence-electron chi connectivity index (χ0n) is 9.14. The molecule has 0 radical (unpaired) electrons. The molecule has 0 aliphatic heterocycles. The number of nitriles is 1. The van der Waals surface area contributed by atoms with E-state index in [1.54, 1.807) is 14.0 Å². The molecule has 2 rings (SSSR count). The van der Waals surface area contributed by atoms with Crippen LogP contribution in [0.2, 0.25) is 0 Å². The highest BCUT2D eigenvalue weighted by Gasteiger charge is 2.13. The summed E-state index contributed by atoms with van der Waals surface area (Å²) in [6, 6.07) is 9.43. The maximum Gasteiger partial charge on any atom is 0.273 e. The highest BCUT2D eigenvalue weighted by Crippen LogP contribution is 2.13. The van der Waals surface area contributed by atoms with Gasteiger partial charge in [0.2, 0.25) is 0 Å². The third-order valence-corrected chi connectivity index (χ3v) is 2.61. The molecule has 0 aliphatic rings. The van der Waals surface area contributed by atoms with E-state index in [1.165, 1.54) is 4.57 Å². The predicted octanol–water partition coefficient (Wildman–Crippen LogP) is 1.56. The summed E-state index contributed by atoms with van der Waals surface area (Å²) in [7, 11) is 1.69. The Hall–Kier alpha value is -2.15. The van der Waals surface area contributed by atoms with Crippen molar-refractivity contribution >= 4 is 11.0 Å². The zero-order chi connectivity index (χ0) is 11.7. The van der Waals surface area contributed by atoms with Gasteiger partial charge in [-0.05, 0) is 19.1 Å². The molecular weight excluding hydrogens is 202 g/mol. The van der Waals surface area contributed by atoms with Gasteiger partial charge in [0.25, 0.3) is 5.56 Å². The van der Waals surface area contributed by atoms with Crippen LogP contribution in [-0.2, 0) is 7.05 Å². The number of rotatable bonds is 1. The molecule has 1 heterocycles. The fraction of sp³-hybridized carbons (Fsp3) is 0.250. The van der Waals surface area contributed by atoms with Crippen LogP contribution >= 0.6 is 0 Å². The van der Waals surface area contributed by atoms with Crippen molar-refractivity contribution in [2.45, 2.75) is 12.8 Å². The van der Waals surface area contributed by atoms with Crippen molar-refractivity contribution < 1.29 is 0 Å². The van der Waals surface area contributed by atoms with Gasteiger partial charge in [-0.15, -0.1) is 0 Å². The number of aromatic nitrogens is 2. The van der Waals surface area contributed by atoms with E-state index >= 15 is 0 Å². The van der Waals surface area contributed by atoms with Gasteiger partial charge in [0.05, 0.1) is 23.0 Å². The van der Waals surface area contributed by atoms with E-state index in [1.807, 2.05) is 30.3 Å². The lowest BCUT2D eigenvalue weighted by molar-refractivity contribution is 0.815. The molecule has 16 heavy (non-hydrogen) atoms. The first kappa shape index (κ1) is 10.4. The molecule has 0 saturated heterocycles. The molecule has 0 fully saturated rings. The maximum absolute atomic E-state index is 11.9. The van der Waals surface area contributed by atoms with Gasteiger partial charge in [-0.3, -0.25) is 4.79 Å². The van der Waals surface area contributed by atoms with Crippen molar-refractivity contribution in [1.82, 2.24) is 9.55 Å². The van der Waals surface area contributed by atoms with Gasteiger partial charge in [-0.25, -0.2) is 4.98 Å². The maximum atomic E-state index is 11.9. The van der Waals surface area contributed by atoms with Gasteiger partial charge >= 0.3 is 0 Å². The zero-order valence-corrected chi connectivity index (χ0v) is 9.14. The molecular formula is C12H11N3O. The highest BCUT2D eigenvalue weighted by molar-refractivity contribution is 5.74. The smallest absolute Gasteiger partial charge is 0.273 e. The lowest BCUT2D eigenvalue weighted by atomic mass is 10.1. The van der Waals surface area contributed by atoms with Gasteiger partial charge in [0, 0.05) is 7.05 Å². The summed E-state index contributed by atoms with van der Waals surface area (Å²) in [6.07, 6.45) is 0. The molecule has 2 aromatic rings. The Morgan fingerprint density at radius 2 is 2.12 bits per heavy atom. The first-order valence-corrected chi connectivity index (χ1v) is 5.00. The normalized spacial score (nSPS) is 12.3. The molecule has 0 saturated carbocycles. The molecule has 4 nitrogen and oxygen atoms in total. The van der Waals surface area contributed by atoms with Gasteiger partial charge in [-0.2, -0.15) is 5.26 Å². The second-order valence-electron chi connectivity index (χ2n) is 3.70. The van der Waals surface area contributed by atoms with E-state index in [2.05, 4.69) is 4.98 Å². The minimum atomic E-state index is -0.483. The molecule has 0 aliphatic carbocycles. The molecule has 0 bridgehead atoms. The molecule has 0 N–H and O–H groups in total. The molecule has 1 aromatic heterocycles. The molecule has 1 aromatic carbocycles. The number of aryl methyl sites for hydroxylation is 1. The van der Waals surface area contributed by atoms with Crippen LogP contribution in [0, 0.1) is 11.3 Å². The van der Waals surface area contributed by atoms with Crippen molar-refractivity contribution in [3.05, 3.63) is 40.3 Å². The van der Waals surface area contributed by atoms with Crippen LogP contribution in [0.25, 0.3) is 11.0 Å². The summed E-state index contributed by atoms with van der Waals surface area (Å²) in [6.45, 7) is 1.68. The fourth-order valence-electron chi connectivity index (χ4n) is 1.64. The number of para-hydroxylation sites is 2. The van der Waals surface area contributed by atoms with Crippen LogP contribution in [0.3, 0.4) is 0 Å². The second-order valence-corrected chi connectivity index (χ2v) is 3.70. The number of benzene rings is 1. The molecule has 80 valence electrons. The van der Waals surface area contributed by atoms with E-state index in [-0.39, 0.29) is 5.56 Å². The van der Waals surface area contributed by atoms with Crippen LogP contribution in [0.4, 0.5) is 0 Å². The summed E-state index contributed by atoms with van der Waals surface area (Å²) < 4.78 is 1.53. The highest BCUT2D eigenvalue weighted by atomic mass is 16.1. The Kier molecular flexibility index (Phi) is 2.45. The minimum Gasteiger partial charge on any atom is -0.308 e. The molecule has 0 amide bonds. The van der Waals surface area contributed by atoms with E-state index in [4.69, 9.17) is 5.26 Å². The molecule has 0 spiro atoms. The van der Waals surface area contributed by atoms with Crippen LogP contribution < -0.4 is 5.56 Å². The third-order valence-electron chi connectivity index (χ3n) is 2.61. The van der Waals surface area contributed by atoms with Crippen LogP contribution in [0.5, 0.6) is 0 Å². The van der Waals surface area contributed by atoms with Crippen molar-refractivity contribution in [1.29, 1.82) is 5.26 Å². The topological polar surface area (TPSA) is 58.7 Å². The predicted molar refractivity (Wildman–Crippen MR) is 61.0 cm³/mol. The van der Waals surface area contributed by atoms with Gasteiger partial charge < -0.3 is 4.57 Å². The Morgan fingerprint density at radius 1 is 1.44 bits per heavy atom. The molecule has 4 heteroatoms. The Labute approximate surface area is 92.8 Å². The summed E-state index contributed by atoms with van der Waals surface area (Å²) in [5.41, 5.74) is 1.62. The largest absolute Gasteiger partial charge is 0.308 e. The molecule has 1 unspecified atom stereocenters. The van der Waals surface area contributed by atoms with Gasteiger partial charge in [-0.1, -0.05) is 12.1 Å². The first-order chi connectivity index (χ1) is 7.65. The van der Waals surface area contributed by atoms with Gasteiger partial charge in [0.1, 0.15) is 5.69 Å². The summed E-state index contributed by atoms with van der Waals surface area (Å²) >= 11 is 0.